The van der Waals surface area contributed by atoms with Gasteiger partial charge in [-0.05, 0) is 0 Å². The monoisotopic (exact) mass is 441 g/mol. The third-order valence-electron chi connectivity index (χ3n) is 4.80. The molecule has 0 aromatic rings. The van der Waals surface area contributed by atoms with E-state index in [9.17, 15) is 35.4 Å². The number of amides is 1. The summed E-state index contributed by atoms with van der Waals surface area (Å²) < 4.78 is 10.1. The normalized spacial score (nSPS) is 42.6. The molecule has 30 heavy (non-hydrogen) atoms. The fourth-order valence-electron chi connectivity index (χ4n) is 3.23. The lowest BCUT2D eigenvalue weighted by atomic mass is 9.97. The Hall–Kier alpha value is -1.46. The van der Waals surface area contributed by atoms with Gasteiger partial charge in [0.15, 0.2) is 12.4 Å². The lowest BCUT2D eigenvalue weighted by Crippen LogP contribution is -2.89. The highest BCUT2D eigenvalue weighted by Gasteiger charge is 2.49. The van der Waals surface area contributed by atoms with Gasteiger partial charge in [-0.15, -0.1) is 0 Å². The van der Waals surface area contributed by atoms with Gasteiger partial charge in [0.05, 0.1) is 20.1 Å². The molecule has 14 heteroatoms. The summed E-state index contributed by atoms with van der Waals surface area (Å²) in [5, 5.41) is 71.1. The highest BCUT2D eigenvalue weighted by atomic mass is 17.2. The minimum absolute atomic E-state index is 0.137. The van der Waals surface area contributed by atoms with Crippen LogP contribution in [0.25, 0.3) is 0 Å². The number of nitrogens with one attached hydrogen (secondary N) is 2. The summed E-state index contributed by atoms with van der Waals surface area (Å²) in [4.78, 5) is 23.9. The lowest BCUT2D eigenvalue weighted by Gasteiger charge is -2.40. The van der Waals surface area contributed by atoms with Crippen molar-refractivity contribution in [3.63, 3.8) is 0 Å². The molecule has 1 amide bonds. The molecule has 0 aromatic carbocycles. The Balaban J connectivity index is 2.05. The van der Waals surface area contributed by atoms with Crippen LogP contribution in [0.2, 0.25) is 0 Å². The summed E-state index contributed by atoms with van der Waals surface area (Å²) in [7, 11) is 0. The molecule has 2 rings (SSSR count). The van der Waals surface area contributed by atoms with Crippen molar-refractivity contribution in [3.8, 4) is 0 Å². The second-order valence-corrected chi connectivity index (χ2v) is 7.06. The summed E-state index contributed by atoms with van der Waals surface area (Å²) >= 11 is 0. The fourth-order valence-corrected chi connectivity index (χ4v) is 3.23. The van der Waals surface area contributed by atoms with E-state index < -0.39 is 80.4 Å². The van der Waals surface area contributed by atoms with Crippen LogP contribution in [-0.4, -0.2) is 122 Å². The van der Waals surface area contributed by atoms with E-state index in [-0.39, 0.29) is 5.90 Å². The molecule has 0 bridgehead atoms. The number of aliphatic hydroxyl groups excluding tert-OH is 7. The Morgan fingerprint density at radius 2 is 1.53 bits per heavy atom. The second-order valence-electron chi connectivity index (χ2n) is 7.06. The van der Waals surface area contributed by atoms with Gasteiger partial charge in [0.1, 0.15) is 36.6 Å². The summed E-state index contributed by atoms with van der Waals surface area (Å²) in [5.41, 5.74) is 0. The van der Waals surface area contributed by atoms with E-state index in [0.29, 0.717) is 0 Å². The number of hydrogen-bond acceptors (Lipinski definition) is 12. The number of hydrogen-bond donors (Lipinski definition) is 9. The number of ether oxygens (including phenoxy) is 2. The molecule has 0 unspecified atom stereocenters. The lowest BCUT2D eigenvalue weighted by molar-refractivity contribution is -0.574. The first-order chi connectivity index (χ1) is 14.1. The van der Waals surface area contributed by atoms with E-state index in [1.165, 1.54) is 13.8 Å². The van der Waals surface area contributed by atoms with Gasteiger partial charge < -0.3 is 50.5 Å². The number of carbonyl (C=O) groups excluding carboxylic acids is 1. The van der Waals surface area contributed by atoms with Gasteiger partial charge in [-0.1, -0.05) is 0 Å². The maximum Gasteiger partial charge on any atom is 0.365 e. The average Bonchev–Trinajstić information content (AvgIpc) is 2.69. The summed E-state index contributed by atoms with van der Waals surface area (Å²) in [5.74, 6) is -0.685. The van der Waals surface area contributed by atoms with Crippen LogP contribution in [0.1, 0.15) is 13.8 Å². The van der Waals surface area contributed by atoms with E-state index in [4.69, 9.17) is 24.4 Å². The molecule has 2 fully saturated rings. The molecular formula is C16H29N2O12+. The highest BCUT2D eigenvalue weighted by molar-refractivity contribution is 5.73. The van der Waals surface area contributed by atoms with Crippen LogP contribution in [0.15, 0.2) is 0 Å². The van der Waals surface area contributed by atoms with Crippen molar-refractivity contribution in [3.05, 3.63) is 0 Å². The van der Waals surface area contributed by atoms with Gasteiger partial charge in [0.25, 0.3) is 0 Å². The molecule has 0 aliphatic carbocycles. The molecule has 0 spiro atoms. The van der Waals surface area contributed by atoms with Gasteiger partial charge in [-0.3, -0.25) is 9.68 Å². The molecule has 10 atom stereocenters. The quantitative estimate of drug-likeness (QED) is 0.0812. The van der Waals surface area contributed by atoms with Crippen LogP contribution in [0, 0.1) is 0 Å². The Kier molecular flexibility index (Phi) is 8.86. The summed E-state index contributed by atoms with van der Waals surface area (Å²) in [6, 6.07) is -2.50. The van der Waals surface area contributed by atoms with Crippen LogP contribution in [0.4, 0.5) is 0 Å². The van der Waals surface area contributed by atoms with Crippen molar-refractivity contribution in [2.45, 2.75) is 75.1 Å². The maximum absolute atomic E-state index is 11.3. The predicted octanol–water partition coefficient (Wildman–Crippen LogP) is -6.82. The van der Waals surface area contributed by atoms with Crippen molar-refractivity contribution in [1.82, 2.24) is 5.32 Å². The van der Waals surface area contributed by atoms with Crippen LogP contribution in [0.3, 0.4) is 0 Å². The standard InChI is InChI=1S/C16H28N2O12/c1-5(21)17-10-13(24)14(8(4-20)28-16(10)26)30-29-6(2)18-9-12(23)11(22)7(3-19)27-15(9)25/h7-16,19-20,22-26H,3-4H2,1-2H3,(H,17,21)/p+1/t7-,8-,9-,10-,11-,12-,13-,14-,15-,16-/m1/s1. The average molecular weight is 441 g/mol. The first-order valence-corrected chi connectivity index (χ1v) is 9.24. The number of aliphatic hydroxyl groups is 7. The second kappa shape index (κ2) is 10.7. The van der Waals surface area contributed by atoms with Crippen molar-refractivity contribution in [2.75, 3.05) is 13.2 Å². The molecule has 0 aromatic heterocycles. The SMILES string of the molecule is CC(=O)N[C@@H]1[C@@H](O)[C@H](OOC(C)=[NH+][C@@H]2[C@@H](O)[C@H](O)[C@@H](CO)O[C@H]2O)[C@@H](CO)O[C@H]1O. The highest BCUT2D eigenvalue weighted by Crippen LogP contribution is 2.23. The Morgan fingerprint density at radius 3 is 2.10 bits per heavy atom. The Labute approximate surface area is 171 Å². The molecule has 174 valence electrons. The van der Waals surface area contributed by atoms with E-state index in [1.54, 1.807) is 0 Å². The third kappa shape index (κ3) is 5.61. The van der Waals surface area contributed by atoms with Crippen molar-refractivity contribution < 1.29 is 64.8 Å². The van der Waals surface area contributed by atoms with Crippen LogP contribution < -0.4 is 10.3 Å². The summed E-state index contributed by atoms with van der Waals surface area (Å²) in [6.45, 7) is 1.23. The predicted molar refractivity (Wildman–Crippen MR) is 92.9 cm³/mol. The van der Waals surface area contributed by atoms with Gasteiger partial charge in [0, 0.05) is 6.92 Å². The molecular weight excluding hydrogens is 412 g/mol. The largest absolute Gasteiger partial charge is 0.394 e. The zero-order valence-corrected chi connectivity index (χ0v) is 16.4. The molecule has 9 N–H and O–H groups in total. The molecule has 0 radical (unpaired) electrons. The number of carbonyl (C=O) groups is 1. The first kappa shape index (κ1) is 24.8. The molecule has 0 saturated carbocycles. The van der Waals surface area contributed by atoms with Gasteiger partial charge in [0.2, 0.25) is 18.2 Å². The van der Waals surface area contributed by atoms with Crippen molar-refractivity contribution >= 4 is 11.8 Å². The molecule has 2 saturated heterocycles. The van der Waals surface area contributed by atoms with Gasteiger partial charge in [-0.2, -0.15) is 4.89 Å². The minimum atomic E-state index is -1.60. The molecule has 2 aliphatic heterocycles. The fraction of sp³-hybridized carbons (Fsp3) is 0.875. The third-order valence-corrected chi connectivity index (χ3v) is 4.80. The van der Waals surface area contributed by atoms with Gasteiger partial charge in [-0.25, -0.2) is 4.99 Å². The molecule has 2 heterocycles. The number of rotatable bonds is 6. The topological polar surface area (TPSA) is 222 Å². The minimum Gasteiger partial charge on any atom is -0.394 e. The first-order valence-electron chi connectivity index (χ1n) is 9.24. The van der Waals surface area contributed by atoms with Crippen molar-refractivity contribution in [2.24, 2.45) is 0 Å². The van der Waals surface area contributed by atoms with Crippen LogP contribution >= 0.6 is 0 Å². The van der Waals surface area contributed by atoms with E-state index in [0.717, 1.165) is 0 Å². The smallest absolute Gasteiger partial charge is 0.365 e. The molecule has 14 nitrogen and oxygen atoms in total. The maximum atomic E-state index is 11.3. The van der Waals surface area contributed by atoms with Gasteiger partial charge >= 0.3 is 5.90 Å². The molecule has 2 aliphatic rings. The zero-order chi connectivity index (χ0) is 22.6. The van der Waals surface area contributed by atoms with E-state index in [2.05, 4.69) is 10.3 Å². The van der Waals surface area contributed by atoms with Crippen LogP contribution in [-0.2, 0) is 24.0 Å². The summed E-state index contributed by atoms with van der Waals surface area (Å²) in [6.07, 6.45) is -11.5. The Bertz CT molecular complexity index is 607. The van der Waals surface area contributed by atoms with E-state index in [1.807, 2.05) is 0 Å². The van der Waals surface area contributed by atoms with E-state index >= 15 is 0 Å². The Morgan fingerprint density at radius 1 is 0.933 bits per heavy atom. The van der Waals surface area contributed by atoms with Crippen LogP contribution in [0.5, 0.6) is 0 Å². The van der Waals surface area contributed by atoms with Crippen molar-refractivity contribution in [1.29, 1.82) is 0 Å². The zero-order valence-electron chi connectivity index (χ0n) is 16.4.